The largest absolute Gasteiger partial charge is 0.440 e. The molecular formula is C42H27N3O. The number of hydrogen-bond acceptors (Lipinski definition) is 3. The average molecular weight is 590 g/mol. The molecule has 1 aliphatic heterocycles. The van der Waals surface area contributed by atoms with E-state index in [2.05, 4.69) is 143 Å². The Morgan fingerprint density at radius 1 is 0.522 bits per heavy atom. The van der Waals surface area contributed by atoms with E-state index in [4.69, 9.17) is 9.41 Å². The minimum Gasteiger partial charge on any atom is -0.440 e. The zero-order chi connectivity index (χ0) is 30.2. The van der Waals surface area contributed by atoms with Gasteiger partial charge in [-0.05, 0) is 63.0 Å². The number of benzene rings is 7. The lowest BCUT2D eigenvalue weighted by Crippen LogP contribution is -2.23. The van der Waals surface area contributed by atoms with Gasteiger partial charge in [0.05, 0.1) is 16.6 Å². The summed E-state index contributed by atoms with van der Waals surface area (Å²) >= 11 is 0. The number of nitrogens with one attached hydrogen (secondary N) is 1. The van der Waals surface area contributed by atoms with E-state index in [-0.39, 0.29) is 6.17 Å². The predicted molar refractivity (Wildman–Crippen MR) is 191 cm³/mol. The molecule has 3 heterocycles. The third-order valence-electron chi connectivity index (χ3n) is 9.44. The molecule has 2 aromatic heterocycles. The summed E-state index contributed by atoms with van der Waals surface area (Å²) in [7, 11) is 0. The fourth-order valence-corrected chi connectivity index (χ4v) is 7.31. The van der Waals surface area contributed by atoms with Crippen LogP contribution in [0.15, 0.2) is 161 Å². The first-order valence-electron chi connectivity index (χ1n) is 15.7. The van der Waals surface area contributed by atoms with Gasteiger partial charge in [-0.15, -0.1) is 0 Å². The Bertz CT molecular complexity index is 2670. The van der Waals surface area contributed by atoms with Gasteiger partial charge in [0.25, 0.3) is 0 Å². The number of fused-ring (bicyclic) bond motifs is 8. The number of rotatable bonds is 3. The molecule has 0 fully saturated rings. The molecule has 4 heteroatoms. The molecule has 0 aliphatic carbocycles. The molecule has 1 N–H and O–H groups in total. The molecule has 0 spiro atoms. The minimum atomic E-state index is -0.362. The van der Waals surface area contributed by atoms with Gasteiger partial charge in [-0.1, -0.05) is 121 Å². The molecule has 0 saturated heterocycles. The standard InChI is InChI=1S/C42H27N3O/c1-2-12-27(13-3-1)40-43-41(45-36-20-9-8-18-33(36)34-23-28-14-4-5-15-29(28)25-37(34)45)39-35-24-30(21-22-38(35)46-42(39)44-40)32-19-10-16-26-11-6-7-17-31(26)32/h1-25,41H,(H,43,44). The number of para-hydroxylation sites is 1. The number of aliphatic imine (C=N–C) groups is 1. The van der Waals surface area contributed by atoms with Crippen LogP contribution in [0.3, 0.4) is 0 Å². The summed E-state index contributed by atoms with van der Waals surface area (Å²) in [6.07, 6.45) is -0.362. The van der Waals surface area contributed by atoms with Crippen molar-refractivity contribution in [2.75, 3.05) is 5.32 Å². The highest BCUT2D eigenvalue weighted by molar-refractivity contribution is 6.14. The van der Waals surface area contributed by atoms with Crippen molar-refractivity contribution in [3.05, 3.63) is 163 Å². The van der Waals surface area contributed by atoms with Gasteiger partial charge in [-0.2, -0.15) is 0 Å². The van der Waals surface area contributed by atoms with Crippen LogP contribution in [0.1, 0.15) is 17.3 Å². The van der Waals surface area contributed by atoms with Crippen molar-refractivity contribution in [2.24, 2.45) is 4.99 Å². The fraction of sp³-hybridized carbons (Fsp3) is 0.0238. The lowest BCUT2D eigenvalue weighted by Gasteiger charge is -2.25. The fourth-order valence-electron chi connectivity index (χ4n) is 7.31. The van der Waals surface area contributed by atoms with Gasteiger partial charge < -0.3 is 14.3 Å². The summed E-state index contributed by atoms with van der Waals surface area (Å²) < 4.78 is 9.04. The maximum atomic E-state index is 6.64. The first kappa shape index (κ1) is 25.2. The van der Waals surface area contributed by atoms with Crippen molar-refractivity contribution < 1.29 is 4.42 Å². The van der Waals surface area contributed by atoms with E-state index in [1.807, 2.05) is 18.2 Å². The maximum Gasteiger partial charge on any atom is 0.207 e. The van der Waals surface area contributed by atoms with E-state index in [9.17, 15) is 0 Å². The number of anilines is 1. The summed E-state index contributed by atoms with van der Waals surface area (Å²) in [5.41, 5.74) is 7.52. The van der Waals surface area contributed by atoms with Crippen molar-refractivity contribution in [3.8, 4) is 11.1 Å². The Labute approximate surface area is 264 Å². The van der Waals surface area contributed by atoms with Gasteiger partial charge in [0.1, 0.15) is 11.4 Å². The Morgan fingerprint density at radius 2 is 1.24 bits per heavy atom. The third kappa shape index (κ3) is 3.71. The number of furan rings is 1. The topological polar surface area (TPSA) is 42.5 Å². The summed E-state index contributed by atoms with van der Waals surface area (Å²) in [6, 6.07) is 53.8. The number of nitrogens with zero attached hydrogens (tertiary/aromatic N) is 2. The number of aromatic nitrogens is 1. The SMILES string of the molecule is c1ccc(C2=NC(n3c4ccccc4c4cc5ccccc5cc43)c3c(oc4ccc(-c5cccc6ccccc56)cc34)N2)cc1. The smallest absolute Gasteiger partial charge is 0.207 e. The van der Waals surface area contributed by atoms with Gasteiger partial charge in [0.2, 0.25) is 5.88 Å². The van der Waals surface area contributed by atoms with Gasteiger partial charge in [-0.25, -0.2) is 4.99 Å². The second-order valence-corrected chi connectivity index (χ2v) is 12.0. The normalized spacial score (nSPS) is 14.6. The molecule has 10 rings (SSSR count). The van der Waals surface area contributed by atoms with E-state index >= 15 is 0 Å². The first-order chi connectivity index (χ1) is 22.8. The highest BCUT2D eigenvalue weighted by atomic mass is 16.4. The van der Waals surface area contributed by atoms with E-state index in [1.54, 1.807) is 0 Å². The van der Waals surface area contributed by atoms with Crippen molar-refractivity contribution in [3.63, 3.8) is 0 Å². The number of amidine groups is 1. The first-order valence-corrected chi connectivity index (χ1v) is 15.7. The van der Waals surface area contributed by atoms with E-state index in [1.165, 1.54) is 37.9 Å². The second kappa shape index (κ2) is 9.68. The highest BCUT2D eigenvalue weighted by Gasteiger charge is 2.32. The Kier molecular flexibility index (Phi) is 5.31. The molecule has 0 saturated carbocycles. The van der Waals surface area contributed by atoms with Gasteiger partial charge in [-0.3, -0.25) is 0 Å². The van der Waals surface area contributed by atoms with Crippen LogP contribution in [-0.2, 0) is 0 Å². The van der Waals surface area contributed by atoms with Crippen LogP contribution < -0.4 is 5.32 Å². The van der Waals surface area contributed by atoms with Crippen LogP contribution >= 0.6 is 0 Å². The van der Waals surface area contributed by atoms with Crippen LogP contribution in [0.2, 0.25) is 0 Å². The lowest BCUT2D eigenvalue weighted by atomic mass is 9.96. The molecule has 0 radical (unpaired) electrons. The van der Waals surface area contributed by atoms with Crippen LogP contribution in [-0.4, -0.2) is 10.4 Å². The second-order valence-electron chi connectivity index (χ2n) is 12.0. The maximum absolute atomic E-state index is 6.64. The van der Waals surface area contributed by atoms with Gasteiger partial charge in [0.15, 0.2) is 6.17 Å². The molecule has 1 aliphatic rings. The zero-order valence-electron chi connectivity index (χ0n) is 24.8. The number of hydrogen-bond donors (Lipinski definition) is 1. The summed E-state index contributed by atoms with van der Waals surface area (Å²) in [4.78, 5) is 5.50. The Hall–Kier alpha value is -6.13. The van der Waals surface area contributed by atoms with E-state index in [0.29, 0.717) is 0 Å². The quantitative estimate of drug-likeness (QED) is 0.223. The average Bonchev–Trinajstić information content (AvgIpc) is 3.65. The monoisotopic (exact) mass is 589 g/mol. The van der Waals surface area contributed by atoms with E-state index < -0.39 is 0 Å². The molecule has 0 bridgehead atoms. The Morgan fingerprint density at radius 3 is 2.11 bits per heavy atom. The summed E-state index contributed by atoms with van der Waals surface area (Å²) in [6.45, 7) is 0. The summed E-state index contributed by atoms with van der Waals surface area (Å²) in [5.74, 6) is 1.52. The lowest BCUT2D eigenvalue weighted by molar-refractivity contribution is 0.597. The molecule has 46 heavy (non-hydrogen) atoms. The van der Waals surface area contributed by atoms with Crippen molar-refractivity contribution in [1.82, 2.24) is 4.57 Å². The molecule has 0 amide bonds. The van der Waals surface area contributed by atoms with Crippen molar-refractivity contribution >= 4 is 66.0 Å². The molecule has 216 valence electrons. The molecule has 9 aromatic rings. The van der Waals surface area contributed by atoms with Crippen LogP contribution in [0, 0.1) is 0 Å². The van der Waals surface area contributed by atoms with Crippen molar-refractivity contribution in [1.29, 1.82) is 0 Å². The minimum absolute atomic E-state index is 0.362. The van der Waals surface area contributed by atoms with Crippen molar-refractivity contribution in [2.45, 2.75) is 6.17 Å². The van der Waals surface area contributed by atoms with E-state index in [0.717, 1.165) is 50.4 Å². The van der Waals surface area contributed by atoms with Gasteiger partial charge in [0, 0.05) is 21.7 Å². The predicted octanol–water partition coefficient (Wildman–Crippen LogP) is 10.9. The summed E-state index contributed by atoms with van der Waals surface area (Å²) in [5, 5.41) is 12.0. The molecule has 7 aromatic carbocycles. The van der Waals surface area contributed by atoms with Crippen LogP contribution in [0.5, 0.6) is 0 Å². The molecule has 1 unspecified atom stereocenters. The zero-order valence-corrected chi connectivity index (χ0v) is 24.8. The molecular weight excluding hydrogens is 562 g/mol. The van der Waals surface area contributed by atoms with Crippen LogP contribution in [0.4, 0.5) is 5.88 Å². The Balaban J connectivity index is 1.28. The molecule has 1 atom stereocenters. The van der Waals surface area contributed by atoms with Gasteiger partial charge >= 0.3 is 0 Å². The highest BCUT2D eigenvalue weighted by Crippen LogP contribution is 2.45. The van der Waals surface area contributed by atoms with Crippen LogP contribution in [0.25, 0.3) is 65.4 Å². The third-order valence-corrected chi connectivity index (χ3v) is 9.44. The molecule has 4 nitrogen and oxygen atoms in total.